The zero-order valence-corrected chi connectivity index (χ0v) is 12.9. The Morgan fingerprint density at radius 2 is 1.95 bits per heavy atom. The largest absolute Gasteiger partial charge is 0.336 e. The van der Waals surface area contributed by atoms with Gasteiger partial charge in [-0.05, 0) is 25.2 Å². The lowest BCUT2D eigenvalue weighted by molar-refractivity contribution is 0.0695. The van der Waals surface area contributed by atoms with E-state index in [4.69, 9.17) is 11.6 Å². The fourth-order valence-electron chi connectivity index (χ4n) is 3.27. The lowest BCUT2D eigenvalue weighted by Gasteiger charge is -2.28. The van der Waals surface area contributed by atoms with E-state index in [1.807, 2.05) is 36.1 Å². The third-order valence-corrected chi connectivity index (χ3v) is 4.65. The lowest BCUT2D eigenvalue weighted by atomic mass is 10.1. The molecule has 2 aromatic rings. The van der Waals surface area contributed by atoms with Gasteiger partial charge in [0.2, 0.25) is 0 Å². The summed E-state index contributed by atoms with van der Waals surface area (Å²) in [6.45, 7) is 2.78. The standard InChI is InChI=1S/C17H19ClN2O/c1-2-20(12-7-3-4-8-12)17(21)15-11-19-16(18)14-10-6-5-9-13(14)15/h5-6,9-12H,2-4,7-8H2,1H3. The summed E-state index contributed by atoms with van der Waals surface area (Å²) >= 11 is 6.14. The second kappa shape index (κ2) is 6.02. The van der Waals surface area contributed by atoms with Crippen LogP contribution in [0.2, 0.25) is 5.15 Å². The first kappa shape index (κ1) is 14.3. The number of hydrogen-bond donors (Lipinski definition) is 0. The SMILES string of the molecule is CCN(C(=O)c1cnc(Cl)c2ccccc12)C1CCCC1. The van der Waals surface area contributed by atoms with Crippen molar-refractivity contribution in [1.29, 1.82) is 0 Å². The van der Waals surface area contributed by atoms with Crippen LogP contribution in [0.15, 0.2) is 30.5 Å². The average molecular weight is 303 g/mol. The van der Waals surface area contributed by atoms with Gasteiger partial charge in [0.25, 0.3) is 5.91 Å². The summed E-state index contributed by atoms with van der Waals surface area (Å²) in [5.41, 5.74) is 0.656. The van der Waals surface area contributed by atoms with Crippen molar-refractivity contribution in [3.8, 4) is 0 Å². The molecule has 4 heteroatoms. The van der Waals surface area contributed by atoms with Gasteiger partial charge in [0.15, 0.2) is 0 Å². The Labute approximate surface area is 129 Å². The molecule has 1 aliphatic carbocycles. The van der Waals surface area contributed by atoms with Gasteiger partial charge in [-0.25, -0.2) is 4.98 Å². The maximum atomic E-state index is 12.9. The summed E-state index contributed by atoms with van der Waals surface area (Å²) in [6.07, 6.45) is 6.27. The van der Waals surface area contributed by atoms with E-state index in [9.17, 15) is 4.79 Å². The van der Waals surface area contributed by atoms with Crippen molar-refractivity contribution in [2.24, 2.45) is 0 Å². The fourth-order valence-corrected chi connectivity index (χ4v) is 3.48. The second-order valence-electron chi connectivity index (χ2n) is 5.54. The number of benzene rings is 1. The maximum Gasteiger partial charge on any atom is 0.256 e. The third-order valence-electron chi connectivity index (χ3n) is 4.34. The molecule has 1 aromatic heterocycles. The number of fused-ring (bicyclic) bond motifs is 1. The molecule has 0 aliphatic heterocycles. The first-order valence-corrected chi connectivity index (χ1v) is 7.94. The summed E-state index contributed by atoms with van der Waals surface area (Å²) < 4.78 is 0. The van der Waals surface area contributed by atoms with Gasteiger partial charge >= 0.3 is 0 Å². The van der Waals surface area contributed by atoms with Crippen molar-refractivity contribution in [3.63, 3.8) is 0 Å². The molecule has 0 radical (unpaired) electrons. The molecule has 0 saturated heterocycles. The van der Waals surface area contributed by atoms with Crippen LogP contribution in [0.25, 0.3) is 10.8 Å². The Bertz CT molecular complexity index is 665. The van der Waals surface area contributed by atoms with Crippen molar-refractivity contribution in [3.05, 3.63) is 41.2 Å². The van der Waals surface area contributed by atoms with E-state index in [2.05, 4.69) is 4.98 Å². The molecule has 0 N–H and O–H groups in total. The smallest absolute Gasteiger partial charge is 0.256 e. The Morgan fingerprint density at radius 3 is 2.62 bits per heavy atom. The lowest BCUT2D eigenvalue weighted by Crippen LogP contribution is -2.38. The van der Waals surface area contributed by atoms with Crippen molar-refractivity contribution < 1.29 is 4.79 Å². The molecule has 0 unspecified atom stereocenters. The van der Waals surface area contributed by atoms with Crippen LogP contribution in [-0.2, 0) is 0 Å². The molecule has 110 valence electrons. The maximum absolute atomic E-state index is 12.9. The van der Waals surface area contributed by atoms with Gasteiger partial charge in [-0.3, -0.25) is 4.79 Å². The molecule has 1 amide bonds. The van der Waals surface area contributed by atoms with E-state index in [-0.39, 0.29) is 5.91 Å². The summed E-state index contributed by atoms with van der Waals surface area (Å²) in [6, 6.07) is 8.07. The number of aromatic nitrogens is 1. The van der Waals surface area contributed by atoms with Gasteiger partial charge in [0.1, 0.15) is 5.15 Å². The van der Waals surface area contributed by atoms with E-state index in [0.29, 0.717) is 16.8 Å². The van der Waals surface area contributed by atoms with E-state index in [1.165, 1.54) is 12.8 Å². The molecular weight excluding hydrogens is 284 g/mol. The molecule has 21 heavy (non-hydrogen) atoms. The number of pyridine rings is 1. The summed E-state index contributed by atoms with van der Waals surface area (Å²) in [7, 11) is 0. The van der Waals surface area contributed by atoms with Gasteiger partial charge in [-0.15, -0.1) is 0 Å². The zero-order valence-electron chi connectivity index (χ0n) is 12.2. The van der Waals surface area contributed by atoms with Crippen LogP contribution < -0.4 is 0 Å². The molecule has 1 fully saturated rings. The van der Waals surface area contributed by atoms with Crippen LogP contribution in [0.3, 0.4) is 0 Å². The molecule has 1 heterocycles. The van der Waals surface area contributed by atoms with E-state index in [1.54, 1.807) is 6.20 Å². The molecule has 0 atom stereocenters. The number of rotatable bonds is 3. The zero-order chi connectivity index (χ0) is 14.8. The van der Waals surface area contributed by atoms with Crippen LogP contribution in [0.4, 0.5) is 0 Å². The minimum atomic E-state index is 0.0739. The molecule has 1 aromatic carbocycles. The molecule has 0 bridgehead atoms. The monoisotopic (exact) mass is 302 g/mol. The highest BCUT2D eigenvalue weighted by atomic mass is 35.5. The summed E-state index contributed by atoms with van der Waals surface area (Å²) in [5.74, 6) is 0.0739. The molecule has 1 saturated carbocycles. The van der Waals surface area contributed by atoms with E-state index < -0.39 is 0 Å². The number of hydrogen-bond acceptors (Lipinski definition) is 2. The van der Waals surface area contributed by atoms with Crippen LogP contribution in [0, 0.1) is 0 Å². The fraction of sp³-hybridized carbons (Fsp3) is 0.412. The number of halogens is 1. The van der Waals surface area contributed by atoms with Gasteiger partial charge in [0.05, 0.1) is 5.56 Å². The predicted octanol–water partition coefficient (Wildman–Crippen LogP) is 4.29. The van der Waals surface area contributed by atoms with E-state index in [0.717, 1.165) is 30.2 Å². The third kappa shape index (κ3) is 2.62. The van der Waals surface area contributed by atoms with Crippen molar-refractivity contribution in [2.45, 2.75) is 38.6 Å². The highest BCUT2D eigenvalue weighted by Crippen LogP contribution is 2.28. The minimum absolute atomic E-state index is 0.0739. The molecule has 1 aliphatic rings. The van der Waals surface area contributed by atoms with Crippen LogP contribution in [-0.4, -0.2) is 28.4 Å². The number of carbonyl (C=O) groups is 1. The van der Waals surface area contributed by atoms with Gasteiger partial charge in [-0.2, -0.15) is 0 Å². The van der Waals surface area contributed by atoms with Crippen LogP contribution in [0.1, 0.15) is 43.0 Å². The number of amides is 1. The first-order chi connectivity index (χ1) is 10.2. The quantitative estimate of drug-likeness (QED) is 0.792. The number of nitrogens with zero attached hydrogens (tertiary/aromatic N) is 2. The summed E-state index contributed by atoms with van der Waals surface area (Å²) in [4.78, 5) is 19.1. The van der Waals surface area contributed by atoms with Gasteiger partial charge in [0, 0.05) is 24.2 Å². The van der Waals surface area contributed by atoms with Crippen molar-refractivity contribution >= 4 is 28.3 Å². The Kier molecular flexibility index (Phi) is 4.11. The van der Waals surface area contributed by atoms with Gasteiger partial charge < -0.3 is 4.90 Å². The summed E-state index contributed by atoms with van der Waals surface area (Å²) in [5, 5.41) is 2.18. The molecule has 3 nitrogen and oxygen atoms in total. The Morgan fingerprint density at radius 1 is 1.29 bits per heavy atom. The Balaban J connectivity index is 2.02. The van der Waals surface area contributed by atoms with Crippen molar-refractivity contribution in [2.75, 3.05) is 6.54 Å². The highest BCUT2D eigenvalue weighted by Gasteiger charge is 2.27. The first-order valence-electron chi connectivity index (χ1n) is 7.56. The second-order valence-corrected chi connectivity index (χ2v) is 5.90. The normalized spacial score (nSPS) is 15.5. The van der Waals surface area contributed by atoms with Crippen LogP contribution >= 0.6 is 11.6 Å². The topological polar surface area (TPSA) is 33.2 Å². The highest BCUT2D eigenvalue weighted by molar-refractivity contribution is 6.34. The van der Waals surface area contributed by atoms with Crippen molar-refractivity contribution in [1.82, 2.24) is 9.88 Å². The predicted molar refractivity (Wildman–Crippen MR) is 85.7 cm³/mol. The van der Waals surface area contributed by atoms with Gasteiger partial charge in [-0.1, -0.05) is 48.7 Å². The average Bonchev–Trinajstić information content (AvgIpc) is 3.03. The van der Waals surface area contributed by atoms with E-state index >= 15 is 0 Å². The number of carbonyl (C=O) groups excluding carboxylic acids is 1. The molecule has 0 spiro atoms. The minimum Gasteiger partial charge on any atom is -0.336 e. The Hall–Kier alpha value is -1.61. The molecule has 3 rings (SSSR count). The molecular formula is C17H19ClN2O. The van der Waals surface area contributed by atoms with Crippen LogP contribution in [0.5, 0.6) is 0 Å².